The minimum atomic E-state index is -0.172. The lowest BCUT2D eigenvalue weighted by Gasteiger charge is -2.07. The Morgan fingerprint density at radius 1 is 1.15 bits per heavy atom. The Bertz CT molecular complexity index is 988. The molecule has 26 heavy (non-hydrogen) atoms. The summed E-state index contributed by atoms with van der Waals surface area (Å²) in [7, 11) is 0. The van der Waals surface area contributed by atoms with Crippen LogP contribution in [0.2, 0.25) is 0 Å². The number of amides is 2. The van der Waals surface area contributed by atoms with Crippen LogP contribution in [0.5, 0.6) is 0 Å². The van der Waals surface area contributed by atoms with Crippen LogP contribution in [0, 0.1) is 5.92 Å². The molecule has 1 aromatic heterocycles. The molecule has 1 heterocycles. The minimum Gasteiger partial charge on any atom is -0.352 e. The third-order valence-corrected chi connectivity index (χ3v) is 4.48. The Labute approximate surface area is 151 Å². The number of hydrogen-bond acceptors (Lipinski definition) is 3. The lowest BCUT2D eigenvalue weighted by Crippen LogP contribution is -2.25. The van der Waals surface area contributed by atoms with E-state index in [1.165, 1.54) is 19.8 Å². The van der Waals surface area contributed by atoms with Crippen molar-refractivity contribution in [3.05, 3.63) is 48.0 Å². The van der Waals surface area contributed by atoms with Gasteiger partial charge in [-0.05, 0) is 54.2 Å². The maximum Gasteiger partial charge on any atom is 0.251 e. The molecule has 3 N–H and O–H groups in total. The fourth-order valence-electron chi connectivity index (χ4n) is 2.92. The molecule has 2 amide bonds. The molecule has 2 aromatic carbocycles. The number of rotatable bonds is 5. The van der Waals surface area contributed by atoms with E-state index in [1.807, 2.05) is 42.5 Å². The van der Waals surface area contributed by atoms with Crippen molar-refractivity contribution in [1.82, 2.24) is 15.3 Å². The standard InChI is InChI=1S/C20H20N4O2/c1-12(25)22-20-23-17-8-7-15(10-18(17)24-20)14-3-2-4-16(9-14)19(26)21-11-13-5-6-13/h2-4,7-10,13H,5-6,11H2,1H3,(H,21,26)(H2,22,23,24,25). The van der Waals surface area contributed by atoms with Crippen molar-refractivity contribution in [3.8, 4) is 11.1 Å². The van der Waals surface area contributed by atoms with Gasteiger partial charge in [0.25, 0.3) is 5.91 Å². The van der Waals surface area contributed by atoms with E-state index in [9.17, 15) is 9.59 Å². The second-order valence-corrected chi connectivity index (χ2v) is 6.73. The van der Waals surface area contributed by atoms with Gasteiger partial charge in [-0.1, -0.05) is 18.2 Å². The fourth-order valence-corrected chi connectivity index (χ4v) is 2.92. The van der Waals surface area contributed by atoms with Crippen molar-refractivity contribution in [2.75, 3.05) is 11.9 Å². The van der Waals surface area contributed by atoms with Crippen LogP contribution in [0.25, 0.3) is 22.2 Å². The normalized spacial score (nSPS) is 13.6. The number of carbonyl (C=O) groups excluding carboxylic acids is 2. The quantitative estimate of drug-likeness (QED) is 0.661. The number of anilines is 1. The number of hydrogen-bond donors (Lipinski definition) is 3. The summed E-state index contributed by atoms with van der Waals surface area (Å²) in [5.74, 6) is 0.879. The number of imidazole rings is 1. The van der Waals surface area contributed by atoms with Crippen LogP contribution < -0.4 is 10.6 Å². The van der Waals surface area contributed by atoms with Gasteiger partial charge < -0.3 is 10.3 Å². The van der Waals surface area contributed by atoms with Crippen molar-refractivity contribution in [2.45, 2.75) is 19.8 Å². The van der Waals surface area contributed by atoms with Gasteiger partial charge in [0.05, 0.1) is 11.0 Å². The summed E-state index contributed by atoms with van der Waals surface area (Å²) in [6, 6.07) is 13.4. The van der Waals surface area contributed by atoms with Gasteiger partial charge in [-0.15, -0.1) is 0 Å². The van der Waals surface area contributed by atoms with E-state index in [0.717, 1.165) is 28.7 Å². The van der Waals surface area contributed by atoms with Gasteiger partial charge in [-0.3, -0.25) is 14.9 Å². The maximum absolute atomic E-state index is 12.3. The molecule has 6 nitrogen and oxygen atoms in total. The zero-order valence-electron chi connectivity index (χ0n) is 14.5. The van der Waals surface area contributed by atoms with Gasteiger partial charge in [0.1, 0.15) is 0 Å². The van der Waals surface area contributed by atoms with E-state index in [2.05, 4.69) is 20.6 Å². The summed E-state index contributed by atoms with van der Waals surface area (Å²) in [5.41, 5.74) is 4.20. The number of benzene rings is 2. The number of nitrogens with one attached hydrogen (secondary N) is 3. The predicted molar refractivity (Wildman–Crippen MR) is 101 cm³/mol. The predicted octanol–water partition coefficient (Wildman–Crippen LogP) is 3.33. The summed E-state index contributed by atoms with van der Waals surface area (Å²) in [6.07, 6.45) is 2.43. The van der Waals surface area contributed by atoms with Crippen molar-refractivity contribution in [3.63, 3.8) is 0 Å². The van der Waals surface area contributed by atoms with Gasteiger partial charge in [-0.25, -0.2) is 4.98 Å². The molecule has 1 aliphatic carbocycles. The molecule has 0 bridgehead atoms. The lowest BCUT2D eigenvalue weighted by molar-refractivity contribution is -0.114. The molecule has 0 radical (unpaired) electrons. The lowest BCUT2D eigenvalue weighted by atomic mass is 10.0. The summed E-state index contributed by atoms with van der Waals surface area (Å²) in [4.78, 5) is 30.9. The largest absolute Gasteiger partial charge is 0.352 e. The Balaban J connectivity index is 1.58. The van der Waals surface area contributed by atoms with Crippen LogP contribution in [0.4, 0.5) is 5.95 Å². The minimum absolute atomic E-state index is 0.0330. The molecule has 3 aromatic rings. The molecule has 1 saturated carbocycles. The highest BCUT2D eigenvalue weighted by Gasteiger charge is 2.21. The first-order valence-electron chi connectivity index (χ1n) is 8.74. The Kier molecular flexibility index (Phi) is 4.16. The van der Waals surface area contributed by atoms with E-state index < -0.39 is 0 Å². The molecule has 132 valence electrons. The van der Waals surface area contributed by atoms with E-state index >= 15 is 0 Å². The highest BCUT2D eigenvalue weighted by atomic mass is 16.2. The average Bonchev–Trinajstić information content (AvgIpc) is 3.37. The molecule has 6 heteroatoms. The molecule has 0 atom stereocenters. The average molecular weight is 348 g/mol. The number of aromatic nitrogens is 2. The van der Waals surface area contributed by atoms with Crippen molar-refractivity contribution < 1.29 is 9.59 Å². The Hall–Kier alpha value is -3.15. The van der Waals surface area contributed by atoms with Crippen LogP contribution in [-0.2, 0) is 4.79 Å². The third kappa shape index (κ3) is 3.59. The van der Waals surface area contributed by atoms with Crippen LogP contribution in [0.1, 0.15) is 30.1 Å². The van der Waals surface area contributed by atoms with Gasteiger partial charge in [0.15, 0.2) is 0 Å². The number of carbonyl (C=O) groups is 2. The first-order chi connectivity index (χ1) is 12.6. The highest BCUT2D eigenvalue weighted by molar-refractivity contribution is 5.96. The van der Waals surface area contributed by atoms with E-state index in [1.54, 1.807) is 0 Å². The van der Waals surface area contributed by atoms with Crippen LogP contribution in [-0.4, -0.2) is 28.3 Å². The zero-order valence-corrected chi connectivity index (χ0v) is 14.5. The van der Waals surface area contributed by atoms with Crippen molar-refractivity contribution in [1.29, 1.82) is 0 Å². The summed E-state index contributed by atoms with van der Waals surface area (Å²) in [5, 5.41) is 5.64. The molecular weight excluding hydrogens is 328 g/mol. The SMILES string of the molecule is CC(=O)Nc1nc2ccc(-c3cccc(C(=O)NCC4CC4)c3)cc2[nH]1. The summed E-state index contributed by atoms with van der Waals surface area (Å²) < 4.78 is 0. The number of nitrogens with zero attached hydrogens (tertiary/aromatic N) is 1. The van der Waals surface area contributed by atoms with Crippen LogP contribution >= 0.6 is 0 Å². The van der Waals surface area contributed by atoms with Crippen molar-refractivity contribution >= 4 is 28.8 Å². The molecule has 0 spiro atoms. The van der Waals surface area contributed by atoms with E-state index in [0.29, 0.717) is 17.4 Å². The molecule has 4 rings (SSSR count). The van der Waals surface area contributed by atoms with E-state index in [4.69, 9.17) is 0 Å². The van der Waals surface area contributed by atoms with Crippen LogP contribution in [0.15, 0.2) is 42.5 Å². The molecule has 1 fully saturated rings. The molecule has 0 aliphatic heterocycles. The topological polar surface area (TPSA) is 86.9 Å². The second-order valence-electron chi connectivity index (χ2n) is 6.73. The zero-order chi connectivity index (χ0) is 18.1. The highest BCUT2D eigenvalue weighted by Crippen LogP contribution is 2.28. The monoisotopic (exact) mass is 348 g/mol. The number of fused-ring (bicyclic) bond motifs is 1. The van der Waals surface area contributed by atoms with Gasteiger partial charge >= 0.3 is 0 Å². The first-order valence-corrected chi connectivity index (χ1v) is 8.74. The molecule has 1 aliphatic rings. The Morgan fingerprint density at radius 2 is 1.96 bits per heavy atom. The number of H-pyrrole nitrogens is 1. The van der Waals surface area contributed by atoms with Gasteiger partial charge in [0.2, 0.25) is 11.9 Å². The van der Waals surface area contributed by atoms with Crippen molar-refractivity contribution in [2.24, 2.45) is 5.92 Å². The maximum atomic E-state index is 12.3. The van der Waals surface area contributed by atoms with E-state index in [-0.39, 0.29) is 11.8 Å². The van der Waals surface area contributed by atoms with Gasteiger partial charge in [0, 0.05) is 19.0 Å². The summed E-state index contributed by atoms with van der Waals surface area (Å²) >= 11 is 0. The number of aromatic amines is 1. The molecule has 0 saturated heterocycles. The Morgan fingerprint density at radius 3 is 2.73 bits per heavy atom. The molecular formula is C20H20N4O2. The van der Waals surface area contributed by atoms with Crippen LogP contribution in [0.3, 0.4) is 0 Å². The third-order valence-electron chi connectivity index (χ3n) is 4.48. The smallest absolute Gasteiger partial charge is 0.251 e. The van der Waals surface area contributed by atoms with Gasteiger partial charge in [-0.2, -0.15) is 0 Å². The molecule has 0 unspecified atom stereocenters. The second kappa shape index (κ2) is 6.63. The fraction of sp³-hybridized carbons (Fsp3) is 0.250. The first kappa shape index (κ1) is 16.3. The summed E-state index contributed by atoms with van der Waals surface area (Å²) in [6.45, 7) is 2.20.